The fraction of sp³-hybridized carbons (Fsp3) is 0.417. The second-order valence-corrected chi connectivity index (χ2v) is 4.33. The van der Waals surface area contributed by atoms with E-state index in [0.717, 1.165) is 12.1 Å². The summed E-state index contributed by atoms with van der Waals surface area (Å²) in [5.74, 6) is -1.78. The van der Waals surface area contributed by atoms with Gasteiger partial charge in [-0.05, 0) is 17.7 Å². The van der Waals surface area contributed by atoms with Gasteiger partial charge in [-0.25, -0.2) is 0 Å². The average molecular weight is 296 g/mol. The largest absolute Gasteiger partial charge is 0.481 e. The molecule has 2 N–H and O–H groups in total. The van der Waals surface area contributed by atoms with Crippen LogP contribution in [0.3, 0.4) is 0 Å². The number of benzene rings is 1. The lowest BCUT2D eigenvalue weighted by Crippen LogP contribution is -2.21. The maximum Gasteiger partial charge on any atom is 0.416 e. The maximum atomic E-state index is 12.4. The minimum atomic E-state index is -4.36. The fourth-order valence-electron chi connectivity index (χ4n) is 2.21. The van der Waals surface area contributed by atoms with Crippen molar-refractivity contribution in [3.63, 3.8) is 0 Å². The van der Waals surface area contributed by atoms with Gasteiger partial charge in [-0.2, -0.15) is 13.2 Å². The van der Waals surface area contributed by atoms with Gasteiger partial charge < -0.3 is 10.4 Å². The zero-order chi connectivity index (χ0) is 13.3. The SMILES string of the molecule is Cl.O=C(O)[C@@H]1CNC[C@H]1c1ccc(C(F)(F)F)cc1. The lowest BCUT2D eigenvalue weighted by Gasteiger charge is -2.16. The van der Waals surface area contributed by atoms with Crippen molar-refractivity contribution in [3.05, 3.63) is 35.4 Å². The fourth-order valence-corrected chi connectivity index (χ4v) is 2.21. The highest BCUT2D eigenvalue weighted by Crippen LogP contribution is 2.32. The standard InChI is InChI=1S/C12H12F3NO2.ClH/c13-12(14,15)8-3-1-7(2-4-8)9-5-16-6-10(9)11(17)18;/h1-4,9-10,16H,5-6H2,(H,17,18);1H/t9-,10+;/m0./s1. The topological polar surface area (TPSA) is 49.3 Å². The first-order valence-electron chi connectivity index (χ1n) is 5.50. The lowest BCUT2D eigenvalue weighted by molar-refractivity contribution is -0.141. The molecule has 1 heterocycles. The summed E-state index contributed by atoms with van der Waals surface area (Å²) >= 11 is 0. The molecule has 19 heavy (non-hydrogen) atoms. The van der Waals surface area contributed by atoms with Gasteiger partial charge >= 0.3 is 12.1 Å². The molecule has 1 saturated heterocycles. The summed E-state index contributed by atoms with van der Waals surface area (Å²) in [6.45, 7) is 0.823. The minimum Gasteiger partial charge on any atom is -0.481 e. The van der Waals surface area contributed by atoms with Crippen LogP contribution in [0.15, 0.2) is 24.3 Å². The molecule has 0 aliphatic carbocycles. The first-order valence-corrected chi connectivity index (χ1v) is 5.50. The Hall–Kier alpha value is -1.27. The summed E-state index contributed by atoms with van der Waals surface area (Å²) < 4.78 is 37.2. The Morgan fingerprint density at radius 3 is 2.26 bits per heavy atom. The van der Waals surface area contributed by atoms with Crippen molar-refractivity contribution in [1.29, 1.82) is 0 Å². The van der Waals surface area contributed by atoms with Gasteiger partial charge in [-0.1, -0.05) is 12.1 Å². The van der Waals surface area contributed by atoms with Crippen molar-refractivity contribution < 1.29 is 23.1 Å². The monoisotopic (exact) mass is 295 g/mol. The van der Waals surface area contributed by atoms with E-state index in [1.54, 1.807) is 0 Å². The summed E-state index contributed by atoms with van der Waals surface area (Å²) in [5, 5.41) is 12.0. The van der Waals surface area contributed by atoms with Gasteiger partial charge in [0.25, 0.3) is 0 Å². The highest BCUT2D eigenvalue weighted by Gasteiger charge is 2.35. The van der Waals surface area contributed by atoms with Crippen molar-refractivity contribution in [2.75, 3.05) is 13.1 Å². The number of aliphatic carboxylic acids is 1. The van der Waals surface area contributed by atoms with Gasteiger partial charge in [-0.3, -0.25) is 4.79 Å². The molecule has 0 amide bonds. The second-order valence-electron chi connectivity index (χ2n) is 4.33. The molecule has 1 aromatic carbocycles. The number of hydrogen-bond donors (Lipinski definition) is 2. The maximum absolute atomic E-state index is 12.4. The third kappa shape index (κ3) is 3.39. The van der Waals surface area contributed by atoms with E-state index in [0.29, 0.717) is 18.7 Å². The molecule has 0 spiro atoms. The van der Waals surface area contributed by atoms with Gasteiger partial charge in [0, 0.05) is 19.0 Å². The van der Waals surface area contributed by atoms with Crippen LogP contribution in [0.25, 0.3) is 0 Å². The van der Waals surface area contributed by atoms with Crippen LogP contribution in [-0.4, -0.2) is 24.2 Å². The summed E-state index contributed by atoms with van der Waals surface area (Å²) in [7, 11) is 0. The number of nitrogens with one attached hydrogen (secondary N) is 1. The number of carboxylic acids is 1. The van der Waals surface area contributed by atoms with Crippen LogP contribution in [0.2, 0.25) is 0 Å². The number of halogens is 4. The highest BCUT2D eigenvalue weighted by atomic mass is 35.5. The van der Waals surface area contributed by atoms with Crippen LogP contribution in [0.4, 0.5) is 13.2 Å². The van der Waals surface area contributed by atoms with Gasteiger partial charge in [0.15, 0.2) is 0 Å². The Morgan fingerprint density at radius 1 is 1.21 bits per heavy atom. The van der Waals surface area contributed by atoms with E-state index in [-0.39, 0.29) is 18.3 Å². The summed E-state index contributed by atoms with van der Waals surface area (Å²) in [6, 6.07) is 4.70. The van der Waals surface area contributed by atoms with Crippen molar-refractivity contribution in [2.24, 2.45) is 5.92 Å². The number of alkyl halides is 3. The second kappa shape index (κ2) is 5.79. The molecule has 0 radical (unpaired) electrons. The summed E-state index contributed by atoms with van der Waals surface area (Å²) in [5.41, 5.74) is -0.0931. The number of carboxylic acid groups (broad SMARTS) is 1. The van der Waals surface area contributed by atoms with Crippen LogP contribution in [0.5, 0.6) is 0 Å². The molecular formula is C12H13ClF3NO2. The zero-order valence-corrected chi connectivity index (χ0v) is 10.6. The van der Waals surface area contributed by atoms with Crippen LogP contribution < -0.4 is 5.32 Å². The Labute approximate surface area is 114 Å². The minimum absolute atomic E-state index is 0. The Morgan fingerprint density at radius 2 is 1.79 bits per heavy atom. The van der Waals surface area contributed by atoms with Crippen LogP contribution in [0, 0.1) is 5.92 Å². The molecular weight excluding hydrogens is 283 g/mol. The van der Waals surface area contributed by atoms with Crippen molar-refractivity contribution in [3.8, 4) is 0 Å². The molecule has 1 aromatic rings. The van der Waals surface area contributed by atoms with E-state index in [2.05, 4.69) is 5.32 Å². The van der Waals surface area contributed by atoms with Crippen molar-refractivity contribution in [2.45, 2.75) is 12.1 Å². The molecule has 1 fully saturated rings. The van der Waals surface area contributed by atoms with Crippen molar-refractivity contribution >= 4 is 18.4 Å². The molecule has 0 saturated carbocycles. The van der Waals surface area contributed by atoms with E-state index in [4.69, 9.17) is 5.11 Å². The van der Waals surface area contributed by atoms with Crippen LogP contribution in [0.1, 0.15) is 17.0 Å². The van der Waals surface area contributed by atoms with Gasteiger partial charge in [0.05, 0.1) is 11.5 Å². The van der Waals surface area contributed by atoms with Crippen LogP contribution in [-0.2, 0) is 11.0 Å². The van der Waals surface area contributed by atoms with E-state index in [9.17, 15) is 18.0 Å². The Kier molecular flexibility index (Phi) is 4.81. The smallest absolute Gasteiger partial charge is 0.416 e. The van der Waals surface area contributed by atoms with E-state index >= 15 is 0 Å². The van der Waals surface area contributed by atoms with Crippen molar-refractivity contribution in [1.82, 2.24) is 5.32 Å². The normalized spacial score (nSPS) is 22.9. The highest BCUT2D eigenvalue weighted by molar-refractivity contribution is 5.85. The molecule has 106 valence electrons. The molecule has 0 aromatic heterocycles. The molecule has 1 aliphatic heterocycles. The number of carbonyl (C=O) groups is 1. The molecule has 3 nitrogen and oxygen atoms in total. The van der Waals surface area contributed by atoms with Gasteiger partial charge in [0.1, 0.15) is 0 Å². The molecule has 0 bridgehead atoms. The first-order chi connectivity index (χ1) is 8.39. The summed E-state index contributed by atoms with van der Waals surface area (Å²) in [4.78, 5) is 11.0. The van der Waals surface area contributed by atoms with Gasteiger partial charge in [-0.15, -0.1) is 12.4 Å². The third-order valence-corrected chi connectivity index (χ3v) is 3.20. The first kappa shape index (κ1) is 15.8. The molecule has 7 heteroatoms. The summed E-state index contributed by atoms with van der Waals surface area (Å²) in [6.07, 6.45) is -4.36. The number of rotatable bonds is 2. The lowest BCUT2D eigenvalue weighted by atomic mass is 9.88. The third-order valence-electron chi connectivity index (χ3n) is 3.20. The molecule has 2 rings (SSSR count). The zero-order valence-electron chi connectivity index (χ0n) is 9.78. The van der Waals surface area contributed by atoms with Crippen LogP contribution >= 0.6 is 12.4 Å². The average Bonchev–Trinajstić information content (AvgIpc) is 2.77. The Balaban J connectivity index is 0.00000180. The quantitative estimate of drug-likeness (QED) is 0.881. The predicted octanol–water partition coefficient (Wildman–Crippen LogP) is 2.51. The number of hydrogen-bond acceptors (Lipinski definition) is 2. The molecule has 1 aliphatic rings. The predicted molar refractivity (Wildman–Crippen MR) is 65.4 cm³/mol. The molecule has 0 unspecified atom stereocenters. The van der Waals surface area contributed by atoms with E-state index in [1.807, 2.05) is 0 Å². The van der Waals surface area contributed by atoms with Gasteiger partial charge in [0.2, 0.25) is 0 Å². The van der Waals surface area contributed by atoms with E-state index in [1.165, 1.54) is 12.1 Å². The van der Waals surface area contributed by atoms with E-state index < -0.39 is 23.6 Å². The Bertz CT molecular complexity index is 447. The molecule has 2 atom stereocenters.